The molecule has 4 rings (SSSR count). The van der Waals surface area contributed by atoms with E-state index in [1.54, 1.807) is 35.9 Å². The number of rotatable bonds is 2. The van der Waals surface area contributed by atoms with Crippen molar-refractivity contribution in [3.05, 3.63) is 46.4 Å². The largest absolute Gasteiger partial charge is 0.351 e. The summed E-state index contributed by atoms with van der Waals surface area (Å²) in [5, 5.41) is 2.91. The van der Waals surface area contributed by atoms with Crippen molar-refractivity contribution in [2.75, 3.05) is 17.7 Å². The topological polar surface area (TPSA) is 63.2 Å². The third-order valence-electron chi connectivity index (χ3n) is 4.12. The number of anilines is 1. The molecule has 0 spiro atoms. The van der Waals surface area contributed by atoms with Gasteiger partial charge in [0.15, 0.2) is 9.84 Å². The Kier molecular flexibility index (Phi) is 3.35. The van der Waals surface area contributed by atoms with E-state index in [-0.39, 0.29) is 0 Å². The number of sulfone groups is 1. The van der Waals surface area contributed by atoms with Gasteiger partial charge in [-0.1, -0.05) is 0 Å². The molecule has 0 unspecified atom stereocenters. The fraction of sp³-hybridized carbons (Fsp3) is 0.250. The van der Waals surface area contributed by atoms with Crippen molar-refractivity contribution in [1.82, 2.24) is 9.97 Å². The van der Waals surface area contributed by atoms with Crippen LogP contribution in [0.4, 0.5) is 5.82 Å². The summed E-state index contributed by atoms with van der Waals surface area (Å²) in [6, 6.07) is 7.18. The van der Waals surface area contributed by atoms with Crippen LogP contribution in [-0.4, -0.2) is 31.2 Å². The van der Waals surface area contributed by atoms with Gasteiger partial charge in [-0.2, -0.15) is 0 Å². The molecular formula is C16H15N3O2S2. The van der Waals surface area contributed by atoms with Crippen LogP contribution >= 0.6 is 11.3 Å². The van der Waals surface area contributed by atoms with Gasteiger partial charge in [0.25, 0.3) is 0 Å². The first-order valence-corrected chi connectivity index (χ1v) is 10.0. The third-order valence-corrected chi connectivity index (χ3v) is 6.25. The maximum absolute atomic E-state index is 11.8. The lowest BCUT2D eigenvalue weighted by atomic mass is 10.1. The molecule has 0 atom stereocenters. The lowest BCUT2D eigenvalue weighted by Crippen LogP contribution is -2.30. The standard InChI is InChI=1S/C16H15N3O2S2/c1-23(20,21)12-2-3-14-13(8-12)16(18-10-17-14)19-6-4-15-11(9-19)5-7-22-15/h2-3,5,7-8,10H,4,6,9H2,1H3. The van der Waals surface area contributed by atoms with Crippen LogP contribution in [0, 0.1) is 0 Å². The molecule has 23 heavy (non-hydrogen) atoms. The van der Waals surface area contributed by atoms with E-state index in [2.05, 4.69) is 26.3 Å². The molecular weight excluding hydrogens is 330 g/mol. The Bertz CT molecular complexity index is 995. The highest BCUT2D eigenvalue weighted by Gasteiger charge is 2.21. The second kappa shape index (κ2) is 5.28. The number of hydrogen-bond donors (Lipinski definition) is 0. The SMILES string of the molecule is CS(=O)(=O)c1ccc2ncnc(N3CCc4sccc4C3)c2c1. The van der Waals surface area contributed by atoms with Crippen molar-refractivity contribution in [2.45, 2.75) is 17.9 Å². The van der Waals surface area contributed by atoms with E-state index < -0.39 is 9.84 Å². The van der Waals surface area contributed by atoms with Crippen molar-refractivity contribution in [1.29, 1.82) is 0 Å². The normalized spacial score (nSPS) is 14.9. The van der Waals surface area contributed by atoms with Gasteiger partial charge < -0.3 is 4.90 Å². The second-order valence-electron chi connectivity index (χ2n) is 5.69. The van der Waals surface area contributed by atoms with E-state index in [4.69, 9.17) is 0 Å². The van der Waals surface area contributed by atoms with Crippen LogP contribution in [0.25, 0.3) is 10.9 Å². The van der Waals surface area contributed by atoms with Crippen molar-refractivity contribution in [3.63, 3.8) is 0 Å². The predicted octanol–water partition coefficient (Wildman–Crippen LogP) is 2.66. The minimum absolute atomic E-state index is 0.300. The van der Waals surface area contributed by atoms with Gasteiger partial charge in [0.05, 0.1) is 10.4 Å². The molecule has 3 heterocycles. The molecule has 0 aliphatic carbocycles. The lowest BCUT2D eigenvalue weighted by Gasteiger charge is -2.28. The van der Waals surface area contributed by atoms with E-state index in [0.29, 0.717) is 4.90 Å². The summed E-state index contributed by atoms with van der Waals surface area (Å²) < 4.78 is 23.7. The summed E-state index contributed by atoms with van der Waals surface area (Å²) in [5.41, 5.74) is 2.09. The molecule has 2 aromatic heterocycles. The van der Waals surface area contributed by atoms with Crippen LogP contribution < -0.4 is 4.90 Å². The number of thiophene rings is 1. The maximum atomic E-state index is 11.8. The lowest BCUT2D eigenvalue weighted by molar-refractivity contribution is 0.602. The Labute approximate surface area is 138 Å². The first-order valence-electron chi connectivity index (χ1n) is 7.27. The molecule has 0 fully saturated rings. The monoisotopic (exact) mass is 345 g/mol. The van der Waals surface area contributed by atoms with Crippen LogP contribution in [-0.2, 0) is 22.8 Å². The molecule has 1 aliphatic heterocycles. The average molecular weight is 345 g/mol. The molecule has 0 bridgehead atoms. The second-order valence-corrected chi connectivity index (χ2v) is 8.71. The number of fused-ring (bicyclic) bond motifs is 2. The minimum Gasteiger partial charge on any atom is -0.351 e. The summed E-state index contributed by atoms with van der Waals surface area (Å²) in [6.45, 7) is 1.68. The highest BCUT2D eigenvalue weighted by molar-refractivity contribution is 7.90. The number of aromatic nitrogens is 2. The van der Waals surface area contributed by atoms with Gasteiger partial charge in [-0.25, -0.2) is 18.4 Å². The quantitative estimate of drug-likeness (QED) is 0.714. The Morgan fingerprint density at radius 2 is 2.09 bits per heavy atom. The molecule has 1 aromatic carbocycles. The van der Waals surface area contributed by atoms with Gasteiger partial charge in [-0.05, 0) is 41.6 Å². The van der Waals surface area contributed by atoms with Crippen molar-refractivity contribution >= 4 is 37.9 Å². The Balaban J connectivity index is 1.84. The molecule has 0 N–H and O–H groups in total. The van der Waals surface area contributed by atoms with Crippen LogP contribution in [0.1, 0.15) is 10.4 Å². The van der Waals surface area contributed by atoms with Gasteiger partial charge in [-0.3, -0.25) is 0 Å². The van der Waals surface area contributed by atoms with Gasteiger partial charge in [-0.15, -0.1) is 11.3 Å². The summed E-state index contributed by atoms with van der Waals surface area (Å²) in [6.07, 6.45) is 3.75. The molecule has 3 aromatic rings. The highest BCUT2D eigenvalue weighted by Crippen LogP contribution is 2.31. The van der Waals surface area contributed by atoms with Gasteiger partial charge in [0.1, 0.15) is 12.1 Å². The van der Waals surface area contributed by atoms with Gasteiger partial charge in [0, 0.05) is 29.6 Å². The Hall–Kier alpha value is -1.99. The highest BCUT2D eigenvalue weighted by atomic mass is 32.2. The zero-order valence-corrected chi connectivity index (χ0v) is 14.2. The minimum atomic E-state index is -3.25. The Morgan fingerprint density at radius 1 is 1.22 bits per heavy atom. The van der Waals surface area contributed by atoms with E-state index in [1.165, 1.54) is 16.7 Å². The summed E-state index contributed by atoms with van der Waals surface area (Å²) in [4.78, 5) is 12.6. The van der Waals surface area contributed by atoms with E-state index in [9.17, 15) is 8.42 Å². The zero-order chi connectivity index (χ0) is 16.0. The third kappa shape index (κ3) is 2.60. The number of nitrogens with zero attached hydrogens (tertiary/aromatic N) is 3. The summed E-state index contributed by atoms with van der Waals surface area (Å²) in [7, 11) is -3.25. The van der Waals surface area contributed by atoms with Crippen LogP contribution in [0.3, 0.4) is 0 Å². The molecule has 0 saturated heterocycles. The molecule has 7 heteroatoms. The number of benzene rings is 1. The van der Waals surface area contributed by atoms with Crippen molar-refractivity contribution in [3.8, 4) is 0 Å². The van der Waals surface area contributed by atoms with Crippen LogP contribution in [0.15, 0.2) is 40.9 Å². The fourth-order valence-corrected chi connectivity index (χ4v) is 4.47. The molecule has 0 amide bonds. The van der Waals surface area contributed by atoms with Gasteiger partial charge in [0.2, 0.25) is 0 Å². The maximum Gasteiger partial charge on any atom is 0.175 e. The molecule has 0 saturated carbocycles. The molecule has 0 radical (unpaired) electrons. The summed E-state index contributed by atoms with van der Waals surface area (Å²) in [5.74, 6) is 0.803. The van der Waals surface area contributed by atoms with Crippen molar-refractivity contribution < 1.29 is 8.42 Å². The van der Waals surface area contributed by atoms with E-state index in [0.717, 1.165) is 36.2 Å². The first kappa shape index (κ1) is 14.6. The van der Waals surface area contributed by atoms with Crippen LogP contribution in [0.2, 0.25) is 0 Å². The fourth-order valence-electron chi connectivity index (χ4n) is 2.93. The van der Waals surface area contributed by atoms with Gasteiger partial charge >= 0.3 is 0 Å². The Morgan fingerprint density at radius 3 is 2.91 bits per heavy atom. The van der Waals surface area contributed by atoms with Crippen LogP contribution in [0.5, 0.6) is 0 Å². The smallest absolute Gasteiger partial charge is 0.175 e. The number of hydrogen-bond acceptors (Lipinski definition) is 6. The predicted molar refractivity (Wildman–Crippen MR) is 91.7 cm³/mol. The first-order chi connectivity index (χ1) is 11.0. The zero-order valence-electron chi connectivity index (χ0n) is 12.6. The molecule has 118 valence electrons. The van der Waals surface area contributed by atoms with E-state index >= 15 is 0 Å². The summed E-state index contributed by atoms with van der Waals surface area (Å²) >= 11 is 1.79. The van der Waals surface area contributed by atoms with Crippen molar-refractivity contribution in [2.24, 2.45) is 0 Å². The average Bonchev–Trinajstić information content (AvgIpc) is 3.00. The molecule has 1 aliphatic rings. The van der Waals surface area contributed by atoms with E-state index in [1.807, 2.05) is 0 Å². The molecule has 5 nitrogen and oxygen atoms in total.